The van der Waals surface area contributed by atoms with Crippen molar-refractivity contribution in [2.45, 2.75) is 18.9 Å². The molecule has 1 N–H and O–H groups in total. The summed E-state index contributed by atoms with van der Waals surface area (Å²) in [4.78, 5) is 14.4. The minimum Gasteiger partial charge on any atom is -0.497 e. The monoisotopic (exact) mass is 310 g/mol. The fraction of sp³-hybridized carbons (Fsp3) is 0.316. The molecule has 0 atom stereocenters. The molecular formula is C19H22N2O2. The third kappa shape index (κ3) is 3.83. The van der Waals surface area contributed by atoms with Gasteiger partial charge in [-0.05, 0) is 49.2 Å². The Balaban J connectivity index is 1.53. The van der Waals surface area contributed by atoms with E-state index in [9.17, 15) is 4.79 Å². The van der Waals surface area contributed by atoms with E-state index >= 15 is 0 Å². The summed E-state index contributed by atoms with van der Waals surface area (Å²) < 4.78 is 5.17. The fourth-order valence-corrected chi connectivity index (χ4v) is 2.91. The van der Waals surface area contributed by atoms with Crippen LogP contribution in [0.25, 0.3) is 0 Å². The highest BCUT2D eigenvalue weighted by atomic mass is 16.5. The molecule has 1 aliphatic heterocycles. The summed E-state index contributed by atoms with van der Waals surface area (Å²) in [7, 11) is 1.67. The van der Waals surface area contributed by atoms with Gasteiger partial charge in [0.2, 0.25) is 0 Å². The molecule has 1 saturated heterocycles. The first-order valence-electron chi connectivity index (χ1n) is 8.01. The van der Waals surface area contributed by atoms with Crippen LogP contribution in [0.1, 0.15) is 23.2 Å². The molecule has 23 heavy (non-hydrogen) atoms. The van der Waals surface area contributed by atoms with Gasteiger partial charge in [0.1, 0.15) is 5.75 Å². The number of benzene rings is 2. The van der Waals surface area contributed by atoms with Crippen molar-refractivity contribution in [3.05, 3.63) is 60.2 Å². The van der Waals surface area contributed by atoms with E-state index in [-0.39, 0.29) is 5.91 Å². The van der Waals surface area contributed by atoms with Crippen molar-refractivity contribution >= 4 is 11.6 Å². The molecule has 1 amide bonds. The lowest BCUT2D eigenvalue weighted by Gasteiger charge is -2.33. The highest BCUT2D eigenvalue weighted by molar-refractivity contribution is 5.94. The van der Waals surface area contributed by atoms with Gasteiger partial charge < -0.3 is 15.0 Å². The smallest absolute Gasteiger partial charge is 0.253 e. The van der Waals surface area contributed by atoms with Crippen LogP contribution >= 0.6 is 0 Å². The zero-order valence-corrected chi connectivity index (χ0v) is 13.4. The molecule has 0 spiro atoms. The first kappa shape index (κ1) is 15.4. The minimum atomic E-state index is 0.133. The summed E-state index contributed by atoms with van der Waals surface area (Å²) in [5.41, 5.74) is 1.87. The predicted octanol–water partition coefficient (Wildman–Crippen LogP) is 3.41. The molecule has 0 aromatic heterocycles. The first-order valence-corrected chi connectivity index (χ1v) is 8.01. The van der Waals surface area contributed by atoms with Crippen LogP contribution in [0.3, 0.4) is 0 Å². The highest BCUT2D eigenvalue weighted by Gasteiger charge is 2.23. The van der Waals surface area contributed by atoms with Crippen LogP contribution in [-0.4, -0.2) is 37.0 Å². The molecule has 1 heterocycles. The van der Waals surface area contributed by atoms with E-state index in [0.29, 0.717) is 6.04 Å². The molecule has 0 bridgehead atoms. The van der Waals surface area contributed by atoms with E-state index in [1.54, 1.807) is 7.11 Å². The molecule has 1 aliphatic rings. The Morgan fingerprint density at radius 2 is 1.70 bits per heavy atom. The second-order valence-electron chi connectivity index (χ2n) is 5.81. The number of anilines is 1. The number of carbonyl (C=O) groups excluding carboxylic acids is 1. The van der Waals surface area contributed by atoms with Gasteiger partial charge in [0.25, 0.3) is 5.91 Å². The summed E-state index contributed by atoms with van der Waals surface area (Å²) in [5, 5.41) is 3.54. The third-order valence-electron chi connectivity index (χ3n) is 4.26. The van der Waals surface area contributed by atoms with Crippen molar-refractivity contribution < 1.29 is 9.53 Å². The van der Waals surface area contributed by atoms with Gasteiger partial charge in [0, 0.05) is 30.4 Å². The Kier molecular flexibility index (Phi) is 4.81. The Morgan fingerprint density at radius 3 is 2.30 bits per heavy atom. The Labute approximate surface area is 137 Å². The van der Waals surface area contributed by atoms with Crippen LogP contribution in [0, 0.1) is 0 Å². The number of ether oxygens (including phenoxy) is 1. The number of nitrogens with zero attached hydrogens (tertiary/aromatic N) is 1. The lowest BCUT2D eigenvalue weighted by molar-refractivity contribution is 0.0718. The number of rotatable bonds is 4. The Bertz CT molecular complexity index is 632. The topological polar surface area (TPSA) is 41.6 Å². The quantitative estimate of drug-likeness (QED) is 0.941. The van der Waals surface area contributed by atoms with Crippen molar-refractivity contribution in [1.29, 1.82) is 0 Å². The molecule has 2 aromatic rings. The molecule has 2 aromatic carbocycles. The van der Waals surface area contributed by atoms with E-state index < -0.39 is 0 Å². The standard InChI is InChI=1S/C19H22N2O2/c1-23-18-9-7-16(8-10-18)20-17-11-13-21(14-12-17)19(22)15-5-3-2-4-6-15/h2-10,17,20H,11-14H2,1H3. The van der Waals surface area contributed by atoms with Gasteiger partial charge in [0.05, 0.1) is 7.11 Å². The first-order chi connectivity index (χ1) is 11.3. The van der Waals surface area contributed by atoms with Crippen molar-refractivity contribution in [3.8, 4) is 5.75 Å². The molecule has 0 saturated carbocycles. The van der Waals surface area contributed by atoms with Crippen LogP contribution in [0.4, 0.5) is 5.69 Å². The average Bonchev–Trinajstić information content (AvgIpc) is 2.63. The minimum absolute atomic E-state index is 0.133. The Hall–Kier alpha value is -2.49. The average molecular weight is 310 g/mol. The van der Waals surface area contributed by atoms with Gasteiger partial charge in [-0.3, -0.25) is 4.79 Å². The van der Waals surface area contributed by atoms with E-state index in [0.717, 1.165) is 42.9 Å². The maximum atomic E-state index is 12.4. The predicted molar refractivity (Wildman–Crippen MR) is 92.0 cm³/mol. The maximum Gasteiger partial charge on any atom is 0.253 e. The number of likely N-dealkylation sites (tertiary alicyclic amines) is 1. The van der Waals surface area contributed by atoms with Crippen LogP contribution < -0.4 is 10.1 Å². The van der Waals surface area contributed by atoms with Crippen LogP contribution in [0.2, 0.25) is 0 Å². The van der Waals surface area contributed by atoms with E-state index in [1.807, 2.05) is 59.5 Å². The van der Waals surface area contributed by atoms with Crippen LogP contribution in [0.5, 0.6) is 5.75 Å². The molecule has 4 nitrogen and oxygen atoms in total. The SMILES string of the molecule is COc1ccc(NC2CCN(C(=O)c3ccccc3)CC2)cc1. The van der Waals surface area contributed by atoms with Gasteiger partial charge in [-0.25, -0.2) is 0 Å². The molecular weight excluding hydrogens is 288 g/mol. The highest BCUT2D eigenvalue weighted by Crippen LogP contribution is 2.20. The largest absolute Gasteiger partial charge is 0.497 e. The Morgan fingerprint density at radius 1 is 1.04 bits per heavy atom. The van der Waals surface area contributed by atoms with E-state index in [1.165, 1.54) is 0 Å². The van der Waals surface area contributed by atoms with Gasteiger partial charge in [0.15, 0.2) is 0 Å². The molecule has 0 aliphatic carbocycles. The summed E-state index contributed by atoms with van der Waals surface area (Å²) in [6, 6.07) is 17.9. The van der Waals surface area contributed by atoms with Gasteiger partial charge >= 0.3 is 0 Å². The fourth-order valence-electron chi connectivity index (χ4n) is 2.91. The van der Waals surface area contributed by atoms with Crippen LogP contribution in [0.15, 0.2) is 54.6 Å². The molecule has 3 rings (SSSR count). The van der Waals surface area contributed by atoms with Crippen LogP contribution in [-0.2, 0) is 0 Å². The number of carbonyl (C=O) groups is 1. The molecule has 1 fully saturated rings. The second-order valence-corrected chi connectivity index (χ2v) is 5.81. The zero-order valence-electron chi connectivity index (χ0n) is 13.4. The molecule has 0 radical (unpaired) electrons. The number of methoxy groups -OCH3 is 1. The van der Waals surface area contributed by atoms with Crippen molar-refractivity contribution in [2.75, 3.05) is 25.5 Å². The van der Waals surface area contributed by atoms with Gasteiger partial charge in [-0.2, -0.15) is 0 Å². The summed E-state index contributed by atoms with van der Waals surface area (Å²) >= 11 is 0. The maximum absolute atomic E-state index is 12.4. The van der Waals surface area contributed by atoms with Crippen molar-refractivity contribution in [1.82, 2.24) is 4.90 Å². The lowest BCUT2D eigenvalue weighted by atomic mass is 10.0. The zero-order chi connectivity index (χ0) is 16.1. The summed E-state index contributed by atoms with van der Waals surface area (Å²) in [5.74, 6) is 0.993. The van der Waals surface area contributed by atoms with E-state index in [4.69, 9.17) is 4.74 Å². The van der Waals surface area contributed by atoms with Crippen molar-refractivity contribution in [2.24, 2.45) is 0 Å². The lowest BCUT2D eigenvalue weighted by Crippen LogP contribution is -2.42. The van der Waals surface area contributed by atoms with Gasteiger partial charge in [-0.15, -0.1) is 0 Å². The number of hydrogen-bond acceptors (Lipinski definition) is 3. The van der Waals surface area contributed by atoms with Crippen molar-refractivity contribution in [3.63, 3.8) is 0 Å². The normalized spacial score (nSPS) is 15.3. The molecule has 120 valence electrons. The molecule has 0 unspecified atom stereocenters. The third-order valence-corrected chi connectivity index (χ3v) is 4.26. The number of hydrogen-bond donors (Lipinski definition) is 1. The van der Waals surface area contributed by atoms with Gasteiger partial charge in [-0.1, -0.05) is 18.2 Å². The number of nitrogens with one attached hydrogen (secondary N) is 1. The van der Waals surface area contributed by atoms with E-state index in [2.05, 4.69) is 5.32 Å². The number of piperidine rings is 1. The second kappa shape index (κ2) is 7.18. The molecule has 4 heteroatoms. The summed E-state index contributed by atoms with van der Waals surface area (Å²) in [6.07, 6.45) is 1.93. The number of amides is 1. The summed E-state index contributed by atoms with van der Waals surface area (Å²) in [6.45, 7) is 1.59.